The summed E-state index contributed by atoms with van der Waals surface area (Å²) in [5.74, 6) is -0.286. The van der Waals surface area contributed by atoms with Crippen molar-refractivity contribution in [3.8, 4) is 22.6 Å². The number of aromatic nitrogens is 1. The number of hydrogen-bond acceptors (Lipinski definition) is 5. The lowest BCUT2D eigenvalue weighted by molar-refractivity contribution is -0.139. The number of rotatable bonds is 7. The van der Waals surface area contributed by atoms with Crippen LogP contribution in [0, 0.1) is 6.92 Å². The summed E-state index contributed by atoms with van der Waals surface area (Å²) in [4.78, 5) is 16.9. The van der Waals surface area contributed by atoms with E-state index in [1.807, 2.05) is 48.7 Å². The number of hydrogen-bond donors (Lipinski definition) is 2. The first-order valence-electron chi connectivity index (χ1n) is 10.1. The number of nitrogens with zero attached hydrogens (tertiary/aromatic N) is 1. The minimum Gasteiger partial charge on any atom is -0.480 e. The molecule has 1 aromatic heterocycles. The zero-order chi connectivity index (χ0) is 22.0. The average molecular weight is 433 g/mol. The van der Waals surface area contributed by atoms with Gasteiger partial charge in [-0.25, -0.2) is 4.98 Å². The molecular weight excluding hydrogens is 408 g/mol. The molecule has 0 unspecified atom stereocenters. The highest BCUT2D eigenvalue weighted by Crippen LogP contribution is 2.34. The van der Waals surface area contributed by atoms with Gasteiger partial charge in [0.15, 0.2) is 5.58 Å². The molecule has 0 aliphatic rings. The summed E-state index contributed by atoms with van der Waals surface area (Å²) in [7, 11) is 0. The number of aliphatic carboxylic acids is 1. The summed E-state index contributed by atoms with van der Waals surface area (Å²) in [6, 6.07) is 19.8. The summed E-state index contributed by atoms with van der Waals surface area (Å²) >= 11 is 1.60. The van der Waals surface area contributed by atoms with E-state index in [1.54, 1.807) is 18.7 Å². The zero-order valence-corrected chi connectivity index (χ0v) is 18.5. The third-order valence-electron chi connectivity index (χ3n) is 5.41. The Morgan fingerprint density at radius 2 is 1.87 bits per heavy atom. The fourth-order valence-corrected chi connectivity index (χ4v) is 4.21. The molecule has 0 spiro atoms. The second kappa shape index (κ2) is 8.96. The van der Waals surface area contributed by atoms with Crippen LogP contribution >= 0.6 is 11.8 Å². The van der Waals surface area contributed by atoms with Crippen LogP contribution in [0.2, 0.25) is 0 Å². The first-order valence-corrected chi connectivity index (χ1v) is 11.3. The van der Waals surface area contributed by atoms with E-state index in [9.17, 15) is 4.79 Å². The van der Waals surface area contributed by atoms with E-state index in [0.29, 0.717) is 12.4 Å². The highest BCUT2D eigenvalue weighted by molar-refractivity contribution is 7.98. The maximum absolute atomic E-state index is 11.1. The number of thioether (sulfide) groups is 1. The molecule has 5 nitrogen and oxygen atoms in total. The number of nitrogens with one attached hydrogen (secondary N) is 1. The van der Waals surface area contributed by atoms with Crippen molar-refractivity contribution in [2.45, 2.75) is 31.3 Å². The van der Waals surface area contributed by atoms with Crippen molar-refractivity contribution in [1.29, 1.82) is 0 Å². The molecule has 0 radical (unpaired) electrons. The fourth-order valence-electron chi connectivity index (χ4n) is 3.59. The lowest BCUT2D eigenvalue weighted by Crippen LogP contribution is -2.33. The number of benzene rings is 3. The van der Waals surface area contributed by atoms with Gasteiger partial charge < -0.3 is 14.8 Å². The van der Waals surface area contributed by atoms with Gasteiger partial charge >= 0.3 is 5.97 Å². The number of oxazole rings is 1. The Balaban J connectivity index is 1.72. The Bertz CT molecular complexity index is 1230. The van der Waals surface area contributed by atoms with E-state index in [4.69, 9.17) is 14.5 Å². The summed E-state index contributed by atoms with van der Waals surface area (Å²) in [5.41, 5.74) is 6.87. The molecule has 4 aromatic rings. The Labute approximate surface area is 185 Å². The third-order valence-corrected chi connectivity index (χ3v) is 6.23. The Morgan fingerprint density at radius 3 is 2.58 bits per heavy atom. The van der Waals surface area contributed by atoms with Gasteiger partial charge in [0.25, 0.3) is 0 Å². The molecule has 0 aliphatic carbocycles. The van der Waals surface area contributed by atoms with Gasteiger partial charge in [-0.1, -0.05) is 42.5 Å². The van der Waals surface area contributed by atoms with Crippen molar-refractivity contribution in [2.75, 3.05) is 6.26 Å². The lowest BCUT2D eigenvalue weighted by Gasteiger charge is -2.11. The standard InChI is InChI=1S/C25H24N2O3S/c1-15-19(17-8-5-4-6-9-17)10-7-11-20(15)24-27-21-12-18(14-26-16(2)25(28)29)23(31-3)13-22(21)30-24/h4-13,16,26H,14H2,1-3H3,(H,28,29)/t16-/m1/s1. The molecular formula is C25H24N2O3S. The van der Waals surface area contributed by atoms with E-state index >= 15 is 0 Å². The second-order valence-corrected chi connectivity index (χ2v) is 8.28. The van der Waals surface area contributed by atoms with E-state index < -0.39 is 12.0 Å². The lowest BCUT2D eigenvalue weighted by atomic mass is 9.96. The molecule has 0 saturated carbocycles. The van der Waals surface area contributed by atoms with Crippen molar-refractivity contribution >= 4 is 28.8 Å². The Morgan fingerprint density at radius 1 is 1.13 bits per heavy atom. The van der Waals surface area contributed by atoms with Gasteiger partial charge in [-0.15, -0.1) is 11.8 Å². The van der Waals surface area contributed by atoms with Gasteiger partial charge in [0.2, 0.25) is 5.89 Å². The van der Waals surface area contributed by atoms with Crippen LogP contribution in [0.3, 0.4) is 0 Å². The Kier molecular flexibility index (Phi) is 6.11. The first-order chi connectivity index (χ1) is 15.0. The van der Waals surface area contributed by atoms with Crippen LogP contribution in [0.1, 0.15) is 18.1 Å². The number of carboxylic acid groups (broad SMARTS) is 1. The van der Waals surface area contributed by atoms with Gasteiger partial charge in [0.05, 0.1) is 0 Å². The highest BCUT2D eigenvalue weighted by Gasteiger charge is 2.16. The molecule has 1 atom stereocenters. The van der Waals surface area contributed by atoms with E-state index in [-0.39, 0.29) is 0 Å². The normalized spacial score (nSPS) is 12.2. The van der Waals surface area contributed by atoms with E-state index in [0.717, 1.165) is 43.8 Å². The number of fused-ring (bicyclic) bond motifs is 1. The summed E-state index contributed by atoms with van der Waals surface area (Å²) in [5, 5.41) is 12.2. The summed E-state index contributed by atoms with van der Waals surface area (Å²) in [6.07, 6.45) is 2.00. The van der Waals surface area contributed by atoms with Gasteiger partial charge in [-0.3, -0.25) is 4.79 Å². The molecule has 31 heavy (non-hydrogen) atoms. The van der Waals surface area contributed by atoms with Crippen molar-refractivity contribution in [2.24, 2.45) is 0 Å². The molecule has 158 valence electrons. The molecule has 1 heterocycles. The molecule has 6 heteroatoms. The van der Waals surface area contributed by atoms with Crippen LogP contribution in [0.5, 0.6) is 0 Å². The predicted molar refractivity (Wildman–Crippen MR) is 125 cm³/mol. The molecule has 0 aliphatic heterocycles. The molecule has 2 N–H and O–H groups in total. The van der Waals surface area contributed by atoms with Crippen molar-refractivity contribution in [3.05, 3.63) is 71.8 Å². The predicted octanol–water partition coefficient (Wildman–Crippen LogP) is 5.75. The quantitative estimate of drug-likeness (QED) is 0.362. The van der Waals surface area contributed by atoms with Gasteiger partial charge in [-0.2, -0.15) is 0 Å². The number of carboxylic acids is 1. The maximum Gasteiger partial charge on any atom is 0.320 e. The second-order valence-electron chi connectivity index (χ2n) is 7.44. The third kappa shape index (κ3) is 4.36. The van der Waals surface area contributed by atoms with Crippen LogP contribution in [-0.4, -0.2) is 28.4 Å². The van der Waals surface area contributed by atoms with Crippen molar-refractivity contribution in [3.63, 3.8) is 0 Å². The average Bonchev–Trinajstić information content (AvgIpc) is 3.19. The minimum absolute atomic E-state index is 0.449. The number of carbonyl (C=O) groups is 1. The van der Waals surface area contributed by atoms with Crippen LogP contribution in [0.15, 0.2) is 70.0 Å². The molecule has 0 amide bonds. The minimum atomic E-state index is -0.871. The molecule has 4 rings (SSSR count). The van der Waals surface area contributed by atoms with Crippen molar-refractivity contribution < 1.29 is 14.3 Å². The van der Waals surface area contributed by atoms with Crippen molar-refractivity contribution in [1.82, 2.24) is 10.3 Å². The monoisotopic (exact) mass is 432 g/mol. The van der Waals surface area contributed by atoms with Crippen LogP contribution in [-0.2, 0) is 11.3 Å². The highest BCUT2D eigenvalue weighted by atomic mass is 32.2. The largest absolute Gasteiger partial charge is 0.480 e. The summed E-state index contributed by atoms with van der Waals surface area (Å²) < 4.78 is 6.15. The smallest absolute Gasteiger partial charge is 0.320 e. The molecule has 0 fully saturated rings. The fraction of sp³-hybridized carbons (Fsp3) is 0.200. The van der Waals surface area contributed by atoms with Gasteiger partial charge in [-0.05, 0) is 60.6 Å². The van der Waals surface area contributed by atoms with Gasteiger partial charge in [0.1, 0.15) is 11.6 Å². The molecule has 0 saturated heterocycles. The molecule has 0 bridgehead atoms. The zero-order valence-electron chi connectivity index (χ0n) is 17.7. The van der Waals surface area contributed by atoms with E-state index in [1.165, 1.54) is 0 Å². The molecule has 3 aromatic carbocycles. The van der Waals surface area contributed by atoms with Crippen LogP contribution in [0.4, 0.5) is 0 Å². The Hall–Kier alpha value is -3.09. The van der Waals surface area contributed by atoms with E-state index in [2.05, 4.69) is 30.4 Å². The van der Waals surface area contributed by atoms with Crippen LogP contribution < -0.4 is 5.32 Å². The maximum atomic E-state index is 11.1. The van der Waals surface area contributed by atoms with Crippen LogP contribution in [0.25, 0.3) is 33.7 Å². The summed E-state index contributed by atoms with van der Waals surface area (Å²) in [6.45, 7) is 4.17. The van der Waals surface area contributed by atoms with Gasteiger partial charge in [0, 0.05) is 17.0 Å². The SMILES string of the molecule is CSc1cc2oc(-c3cccc(-c4ccccc4)c3C)nc2cc1CN[C@H](C)C(=O)O. The topological polar surface area (TPSA) is 75.4 Å². The first kappa shape index (κ1) is 21.2.